The summed E-state index contributed by atoms with van der Waals surface area (Å²) in [5.74, 6) is 2.34. The van der Waals surface area contributed by atoms with Crippen molar-refractivity contribution < 1.29 is 0 Å². The molecule has 0 saturated carbocycles. The molecule has 0 aliphatic carbocycles. The lowest BCUT2D eigenvalue weighted by Crippen LogP contribution is -2.09. The van der Waals surface area contributed by atoms with Gasteiger partial charge in [0.2, 0.25) is 0 Å². The SMILES string of the molecule is C=C[C@@](C)(/C=C/[C@H](C)CC[C@@H](C)C(=C)CC[C@@H](C)C(=C)C)CC/C=C(\C)CCC(=C)C(C)C. The van der Waals surface area contributed by atoms with Gasteiger partial charge in [0, 0.05) is 5.41 Å². The van der Waals surface area contributed by atoms with Crippen molar-refractivity contribution in [3.63, 3.8) is 0 Å². The molecule has 0 rings (SSSR count). The standard InChI is InChI=1S/C33H56/c1-13-33(12,23-14-15-27(6)16-18-29(8)25(2)3)24-22-28(7)17-19-31(10)32(11)21-20-30(9)26(4)5/h13,15,22,24-25,28,30-31H,1,4,8,11,14,16-21,23H2,2-3,5-7,9-10,12H3/b24-22+,27-15+/t28-,30-,31-,33-/m1/s1. The van der Waals surface area contributed by atoms with E-state index in [1.165, 1.54) is 41.6 Å². The van der Waals surface area contributed by atoms with Crippen LogP contribution in [0, 0.1) is 29.1 Å². The van der Waals surface area contributed by atoms with Crippen molar-refractivity contribution in [1.29, 1.82) is 0 Å². The minimum Gasteiger partial charge on any atom is -0.102 e. The molecule has 188 valence electrons. The molecule has 0 N–H and O–H groups in total. The van der Waals surface area contributed by atoms with Crippen LogP contribution in [-0.2, 0) is 0 Å². The van der Waals surface area contributed by atoms with Gasteiger partial charge in [-0.05, 0) is 88.9 Å². The molecular formula is C33H56. The Hall–Kier alpha value is -1.56. The van der Waals surface area contributed by atoms with Crippen molar-refractivity contribution in [1.82, 2.24) is 0 Å². The fourth-order valence-corrected chi connectivity index (χ4v) is 3.72. The van der Waals surface area contributed by atoms with Crippen LogP contribution in [0.25, 0.3) is 0 Å². The highest BCUT2D eigenvalue weighted by atomic mass is 14.2. The summed E-state index contributed by atoms with van der Waals surface area (Å²) in [5.41, 5.74) is 5.57. The molecule has 0 amide bonds. The van der Waals surface area contributed by atoms with Gasteiger partial charge in [0.25, 0.3) is 0 Å². The minimum atomic E-state index is 0.0560. The molecule has 0 heteroatoms. The van der Waals surface area contributed by atoms with E-state index >= 15 is 0 Å². The predicted molar refractivity (Wildman–Crippen MR) is 154 cm³/mol. The van der Waals surface area contributed by atoms with E-state index in [1.54, 1.807) is 0 Å². The normalized spacial score (nSPS) is 16.9. The van der Waals surface area contributed by atoms with Gasteiger partial charge < -0.3 is 0 Å². The van der Waals surface area contributed by atoms with Gasteiger partial charge in [-0.3, -0.25) is 0 Å². The van der Waals surface area contributed by atoms with E-state index in [4.69, 9.17) is 0 Å². The topological polar surface area (TPSA) is 0 Å². The number of rotatable bonds is 18. The Balaban J connectivity index is 4.53. The lowest BCUT2D eigenvalue weighted by atomic mass is 9.83. The lowest BCUT2D eigenvalue weighted by molar-refractivity contribution is 0.479. The van der Waals surface area contributed by atoms with Crippen LogP contribution >= 0.6 is 0 Å². The molecule has 0 bridgehead atoms. The van der Waals surface area contributed by atoms with Crippen molar-refractivity contribution in [3.8, 4) is 0 Å². The van der Waals surface area contributed by atoms with Gasteiger partial charge in [-0.25, -0.2) is 0 Å². The average Bonchev–Trinajstić information content (AvgIpc) is 2.77. The van der Waals surface area contributed by atoms with Crippen LogP contribution in [0.15, 0.2) is 72.9 Å². The van der Waals surface area contributed by atoms with Crippen LogP contribution < -0.4 is 0 Å². The van der Waals surface area contributed by atoms with Crippen LogP contribution in [0.5, 0.6) is 0 Å². The second-order valence-corrected chi connectivity index (χ2v) is 11.4. The van der Waals surface area contributed by atoms with E-state index < -0.39 is 0 Å². The molecule has 0 aromatic carbocycles. The molecule has 0 fully saturated rings. The van der Waals surface area contributed by atoms with Gasteiger partial charge in [-0.1, -0.05) is 108 Å². The van der Waals surface area contributed by atoms with Crippen molar-refractivity contribution >= 4 is 0 Å². The van der Waals surface area contributed by atoms with E-state index in [0.717, 1.165) is 32.1 Å². The zero-order valence-corrected chi connectivity index (χ0v) is 23.6. The maximum atomic E-state index is 4.37. The highest BCUT2D eigenvalue weighted by Gasteiger charge is 2.16. The third-order valence-corrected chi connectivity index (χ3v) is 7.60. The Morgan fingerprint density at radius 3 is 2.00 bits per heavy atom. The second kappa shape index (κ2) is 16.1. The Labute approximate surface area is 208 Å². The minimum absolute atomic E-state index is 0.0560. The molecule has 0 aromatic rings. The maximum absolute atomic E-state index is 4.37. The fraction of sp³-hybridized carbons (Fsp3) is 0.636. The summed E-state index contributed by atoms with van der Waals surface area (Å²) >= 11 is 0. The highest BCUT2D eigenvalue weighted by molar-refractivity contribution is 5.11. The summed E-state index contributed by atoms with van der Waals surface area (Å²) in [6.07, 6.45) is 18.5. The lowest BCUT2D eigenvalue weighted by Gasteiger charge is -2.22. The number of allylic oxidation sites excluding steroid dienone is 8. The van der Waals surface area contributed by atoms with Gasteiger partial charge in [0.15, 0.2) is 0 Å². The quantitative estimate of drug-likeness (QED) is 0.181. The van der Waals surface area contributed by atoms with Crippen molar-refractivity contribution in [3.05, 3.63) is 72.9 Å². The molecule has 0 saturated heterocycles. The van der Waals surface area contributed by atoms with E-state index in [0.29, 0.717) is 23.7 Å². The number of hydrogen-bond donors (Lipinski definition) is 0. The zero-order valence-electron chi connectivity index (χ0n) is 23.6. The molecule has 0 spiro atoms. The van der Waals surface area contributed by atoms with Crippen molar-refractivity contribution in [2.45, 2.75) is 107 Å². The smallest absolute Gasteiger partial charge is 0.00330 e. The first-order valence-electron chi connectivity index (χ1n) is 13.3. The fourth-order valence-electron chi connectivity index (χ4n) is 3.72. The van der Waals surface area contributed by atoms with Gasteiger partial charge >= 0.3 is 0 Å². The predicted octanol–water partition coefficient (Wildman–Crippen LogP) is 11.1. The third-order valence-electron chi connectivity index (χ3n) is 7.60. The molecule has 4 atom stereocenters. The summed E-state index contributed by atoms with van der Waals surface area (Å²) in [6.45, 7) is 34.9. The summed E-state index contributed by atoms with van der Waals surface area (Å²) in [6, 6.07) is 0. The van der Waals surface area contributed by atoms with Crippen LogP contribution in [0.1, 0.15) is 107 Å². The molecule has 0 aromatic heterocycles. The van der Waals surface area contributed by atoms with E-state index in [2.05, 4.69) is 106 Å². The molecular weight excluding hydrogens is 396 g/mol. The summed E-state index contributed by atoms with van der Waals surface area (Å²) in [7, 11) is 0. The van der Waals surface area contributed by atoms with E-state index in [1.807, 2.05) is 0 Å². The summed E-state index contributed by atoms with van der Waals surface area (Å²) < 4.78 is 0. The molecule has 0 nitrogen and oxygen atoms in total. The summed E-state index contributed by atoms with van der Waals surface area (Å²) in [5, 5.41) is 0. The molecule has 0 unspecified atom stereocenters. The molecule has 33 heavy (non-hydrogen) atoms. The van der Waals surface area contributed by atoms with Gasteiger partial charge in [-0.15, -0.1) is 6.58 Å². The van der Waals surface area contributed by atoms with Gasteiger partial charge in [0.1, 0.15) is 0 Å². The largest absolute Gasteiger partial charge is 0.102 e. The highest BCUT2D eigenvalue weighted by Crippen LogP contribution is 2.30. The molecule has 0 aliphatic heterocycles. The summed E-state index contributed by atoms with van der Waals surface area (Å²) in [4.78, 5) is 0. The average molecular weight is 453 g/mol. The van der Waals surface area contributed by atoms with Crippen LogP contribution in [0.4, 0.5) is 0 Å². The van der Waals surface area contributed by atoms with Crippen LogP contribution in [0.2, 0.25) is 0 Å². The molecule has 0 radical (unpaired) electrons. The van der Waals surface area contributed by atoms with E-state index in [9.17, 15) is 0 Å². The van der Waals surface area contributed by atoms with Gasteiger partial charge in [0.05, 0.1) is 0 Å². The maximum Gasteiger partial charge on any atom is 0.00330 e. The first-order chi connectivity index (χ1) is 15.3. The first-order valence-corrected chi connectivity index (χ1v) is 13.3. The second-order valence-electron chi connectivity index (χ2n) is 11.4. The van der Waals surface area contributed by atoms with Crippen molar-refractivity contribution in [2.75, 3.05) is 0 Å². The van der Waals surface area contributed by atoms with E-state index in [-0.39, 0.29) is 5.41 Å². The number of hydrogen-bond acceptors (Lipinski definition) is 0. The molecule has 0 heterocycles. The van der Waals surface area contributed by atoms with Crippen LogP contribution in [0.3, 0.4) is 0 Å². The Morgan fingerprint density at radius 2 is 1.45 bits per heavy atom. The Morgan fingerprint density at radius 1 is 0.818 bits per heavy atom. The monoisotopic (exact) mass is 452 g/mol. The Kier molecular flexibility index (Phi) is 15.4. The Bertz CT molecular complexity index is 683. The first kappa shape index (κ1) is 31.4. The van der Waals surface area contributed by atoms with Crippen LogP contribution in [-0.4, -0.2) is 0 Å². The van der Waals surface area contributed by atoms with Crippen molar-refractivity contribution in [2.24, 2.45) is 29.1 Å². The molecule has 0 aliphatic rings. The van der Waals surface area contributed by atoms with Gasteiger partial charge in [-0.2, -0.15) is 0 Å². The third kappa shape index (κ3) is 14.3. The zero-order chi connectivity index (χ0) is 25.6.